The van der Waals surface area contributed by atoms with Gasteiger partial charge in [-0.05, 0) is 48.7 Å². The maximum absolute atomic E-state index is 13.6. The van der Waals surface area contributed by atoms with Crippen LogP contribution in [0.2, 0.25) is 5.02 Å². The largest absolute Gasteiger partial charge is 0.454 e. The van der Waals surface area contributed by atoms with E-state index in [0.717, 1.165) is 43.7 Å². The van der Waals surface area contributed by atoms with E-state index in [0.29, 0.717) is 22.6 Å². The molecule has 0 aromatic heterocycles. The summed E-state index contributed by atoms with van der Waals surface area (Å²) in [6.45, 7) is 5.06. The van der Waals surface area contributed by atoms with Crippen LogP contribution in [0.25, 0.3) is 5.57 Å². The van der Waals surface area contributed by atoms with Gasteiger partial charge in [0.15, 0.2) is 17.7 Å². The number of nitrogens with one attached hydrogen (secondary N) is 2. The molecule has 0 radical (unpaired) electrons. The molecule has 3 unspecified atom stereocenters. The molecule has 200 valence electrons. The molecule has 2 heterocycles. The van der Waals surface area contributed by atoms with Crippen molar-refractivity contribution < 1.29 is 23.9 Å². The van der Waals surface area contributed by atoms with Crippen LogP contribution in [0.5, 0.6) is 0 Å². The molecule has 0 spiro atoms. The third-order valence-electron chi connectivity index (χ3n) is 6.85. The molecular formula is C29H32ClN3O5. The fourth-order valence-corrected chi connectivity index (χ4v) is 4.90. The van der Waals surface area contributed by atoms with Gasteiger partial charge in [0.05, 0.1) is 6.54 Å². The van der Waals surface area contributed by atoms with E-state index in [4.69, 9.17) is 16.3 Å². The van der Waals surface area contributed by atoms with Gasteiger partial charge in [0.1, 0.15) is 18.2 Å². The lowest BCUT2D eigenvalue weighted by Crippen LogP contribution is -2.47. The summed E-state index contributed by atoms with van der Waals surface area (Å²) in [6.07, 6.45) is 1.87. The monoisotopic (exact) mass is 537 g/mol. The van der Waals surface area contributed by atoms with Crippen LogP contribution >= 0.6 is 11.6 Å². The summed E-state index contributed by atoms with van der Waals surface area (Å²) in [5.41, 5.74) is 2.53. The lowest BCUT2D eigenvalue weighted by atomic mass is 9.85. The first-order valence-electron chi connectivity index (χ1n) is 12.9. The predicted molar refractivity (Wildman–Crippen MR) is 146 cm³/mol. The van der Waals surface area contributed by atoms with Crippen LogP contribution < -0.4 is 10.6 Å². The van der Waals surface area contributed by atoms with Gasteiger partial charge in [-0.1, -0.05) is 42.8 Å². The van der Waals surface area contributed by atoms with Crippen molar-refractivity contribution >= 4 is 46.7 Å². The van der Waals surface area contributed by atoms with Crippen molar-refractivity contribution in [1.29, 1.82) is 0 Å². The topological polar surface area (TPSA) is 105 Å². The highest BCUT2D eigenvalue weighted by Crippen LogP contribution is 2.34. The normalized spacial score (nSPS) is 18.8. The lowest BCUT2D eigenvalue weighted by Gasteiger charge is -2.28. The molecule has 8 nitrogen and oxygen atoms in total. The molecule has 2 aliphatic heterocycles. The van der Waals surface area contributed by atoms with Crippen molar-refractivity contribution in [3.63, 3.8) is 0 Å². The van der Waals surface area contributed by atoms with Crippen LogP contribution in [0.3, 0.4) is 0 Å². The molecule has 2 aromatic carbocycles. The SMILES string of the molecule is CCC(OC(=O)C(CC1=CC(C=O)Nc2ccccc21)C(=O)c1ccc(Cl)cc1)C(=O)CN1CCNCC1. The van der Waals surface area contributed by atoms with Gasteiger partial charge in [0.25, 0.3) is 0 Å². The van der Waals surface area contributed by atoms with E-state index in [9.17, 15) is 19.2 Å². The Morgan fingerprint density at radius 1 is 1.11 bits per heavy atom. The standard InChI is InChI=1S/C29H32ClN3O5/c1-2-27(26(35)17-33-13-11-31-12-14-33)38-29(37)24(28(36)19-7-9-21(30)10-8-19)16-20-15-22(18-34)32-25-6-4-3-5-23(20)25/h3-10,15,18,22,24,27,31-32H,2,11-14,16-17H2,1H3. The van der Waals surface area contributed by atoms with Gasteiger partial charge >= 0.3 is 5.97 Å². The fraction of sp³-hybridized carbons (Fsp3) is 0.379. The van der Waals surface area contributed by atoms with Crippen molar-refractivity contribution in [2.45, 2.75) is 31.9 Å². The maximum atomic E-state index is 13.6. The third kappa shape index (κ3) is 6.75. The number of carbonyl (C=O) groups is 4. The second kappa shape index (κ2) is 13.0. The highest BCUT2D eigenvalue weighted by atomic mass is 35.5. The van der Waals surface area contributed by atoms with Crippen molar-refractivity contribution in [1.82, 2.24) is 10.2 Å². The first-order valence-corrected chi connectivity index (χ1v) is 13.3. The zero-order valence-electron chi connectivity index (χ0n) is 21.3. The minimum Gasteiger partial charge on any atom is -0.454 e. The van der Waals surface area contributed by atoms with E-state index in [1.54, 1.807) is 37.3 Å². The molecule has 3 atom stereocenters. The number of rotatable bonds is 11. The summed E-state index contributed by atoms with van der Waals surface area (Å²) < 4.78 is 5.72. The van der Waals surface area contributed by atoms with Gasteiger partial charge in [-0.3, -0.25) is 19.3 Å². The van der Waals surface area contributed by atoms with Crippen molar-refractivity contribution in [3.05, 3.63) is 70.8 Å². The molecule has 1 fully saturated rings. The maximum Gasteiger partial charge on any atom is 0.317 e. The molecule has 2 aromatic rings. The molecule has 0 saturated carbocycles. The Labute approximate surface area is 227 Å². The number of Topliss-reactive ketones (excluding diaryl/α,β-unsaturated/α-hetero) is 2. The Morgan fingerprint density at radius 2 is 1.82 bits per heavy atom. The second-order valence-corrected chi connectivity index (χ2v) is 9.93. The molecule has 2 aliphatic rings. The van der Waals surface area contributed by atoms with Gasteiger partial charge in [0, 0.05) is 48.0 Å². The number of aldehydes is 1. The molecule has 2 N–H and O–H groups in total. The molecule has 38 heavy (non-hydrogen) atoms. The number of nitrogens with zero attached hydrogens (tertiary/aromatic N) is 1. The lowest BCUT2D eigenvalue weighted by molar-refractivity contribution is -0.158. The fourth-order valence-electron chi connectivity index (χ4n) is 4.78. The number of carbonyl (C=O) groups excluding carboxylic acids is 4. The number of halogens is 1. The van der Waals surface area contributed by atoms with E-state index < -0.39 is 29.8 Å². The number of allylic oxidation sites excluding steroid dienone is 1. The molecule has 1 saturated heterocycles. The van der Waals surface area contributed by atoms with Gasteiger partial charge < -0.3 is 20.2 Å². The molecule has 0 aliphatic carbocycles. The number of anilines is 1. The van der Waals surface area contributed by atoms with E-state index in [-0.39, 0.29) is 18.7 Å². The summed E-state index contributed by atoms with van der Waals surface area (Å²) >= 11 is 6.01. The number of fused-ring (bicyclic) bond motifs is 1. The Morgan fingerprint density at radius 3 is 2.50 bits per heavy atom. The van der Waals surface area contributed by atoms with Crippen LogP contribution in [0, 0.1) is 5.92 Å². The summed E-state index contributed by atoms with van der Waals surface area (Å²) in [7, 11) is 0. The summed E-state index contributed by atoms with van der Waals surface area (Å²) in [5.74, 6) is -2.59. The molecule has 4 rings (SSSR count). The van der Waals surface area contributed by atoms with Gasteiger partial charge in [-0.2, -0.15) is 0 Å². The quantitative estimate of drug-likeness (QED) is 0.194. The number of hydrogen-bond acceptors (Lipinski definition) is 8. The Hall–Kier alpha value is -3.33. The number of para-hydroxylation sites is 1. The van der Waals surface area contributed by atoms with Gasteiger partial charge in [-0.15, -0.1) is 0 Å². The molecule has 0 amide bonds. The van der Waals surface area contributed by atoms with Crippen LogP contribution in [-0.4, -0.2) is 73.6 Å². The number of piperazine rings is 1. The molecule has 0 bridgehead atoms. The van der Waals surface area contributed by atoms with Gasteiger partial charge in [0.2, 0.25) is 0 Å². The van der Waals surface area contributed by atoms with Crippen molar-refractivity contribution in [2.75, 3.05) is 38.0 Å². The van der Waals surface area contributed by atoms with E-state index in [1.807, 2.05) is 29.2 Å². The molecular weight excluding hydrogens is 506 g/mol. The van der Waals surface area contributed by atoms with Crippen molar-refractivity contribution in [3.8, 4) is 0 Å². The number of ether oxygens (including phenoxy) is 1. The Kier molecular flexibility index (Phi) is 9.44. The molecule has 9 heteroatoms. The highest BCUT2D eigenvalue weighted by molar-refractivity contribution is 6.30. The van der Waals surface area contributed by atoms with Gasteiger partial charge in [-0.25, -0.2) is 0 Å². The average molecular weight is 538 g/mol. The highest BCUT2D eigenvalue weighted by Gasteiger charge is 2.35. The third-order valence-corrected chi connectivity index (χ3v) is 7.11. The van der Waals surface area contributed by atoms with E-state index >= 15 is 0 Å². The first-order chi connectivity index (χ1) is 18.4. The minimum atomic E-state index is -1.21. The van der Waals surface area contributed by atoms with Crippen LogP contribution in [0.15, 0.2) is 54.6 Å². The van der Waals surface area contributed by atoms with Crippen molar-refractivity contribution in [2.24, 2.45) is 5.92 Å². The number of ketones is 2. The number of benzene rings is 2. The predicted octanol–water partition coefficient (Wildman–Crippen LogP) is 3.40. The average Bonchev–Trinajstić information content (AvgIpc) is 2.94. The Bertz CT molecular complexity index is 1210. The van der Waals surface area contributed by atoms with E-state index in [2.05, 4.69) is 10.6 Å². The first kappa shape index (κ1) is 27.7. The Balaban J connectivity index is 1.59. The second-order valence-electron chi connectivity index (χ2n) is 9.50. The number of esters is 1. The van der Waals surface area contributed by atoms with Crippen LogP contribution in [0.1, 0.15) is 35.7 Å². The zero-order chi connectivity index (χ0) is 27.1. The zero-order valence-corrected chi connectivity index (χ0v) is 22.1. The van der Waals surface area contributed by atoms with Crippen LogP contribution in [0.4, 0.5) is 5.69 Å². The minimum absolute atomic E-state index is 0.0196. The van der Waals surface area contributed by atoms with Crippen LogP contribution in [-0.2, 0) is 19.1 Å². The number of hydrogen-bond donors (Lipinski definition) is 2. The van der Waals surface area contributed by atoms with E-state index in [1.165, 1.54) is 0 Å². The summed E-state index contributed by atoms with van der Waals surface area (Å²) in [5, 5.41) is 6.84. The smallest absolute Gasteiger partial charge is 0.317 e. The summed E-state index contributed by atoms with van der Waals surface area (Å²) in [6, 6.07) is 13.1. The summed E-state index contributed by atoms with van der Waals surface area (Å²) in [4.78, 5) is 53.9.